The molecule has 0 spiro atoms. The van der Waals surface area contributed by atoms with Crippen molar-refractivity contribution in [3.8, 4) is 0 Å². The highest BCUT2D eigenvalue weighted by atomic mass is 79.9. The number of amides is 1. The van der Waals surface area contributed by atoms with E-state index < -0.39 is 0 Å². The topological polar surface area (TPSA) is 49.6 Å². The molecular formula is C12H16BrN3O. The third-order valence-corrected chi connectivity index (χ3v) is 3.77. The highest BCUT2D eigenvalue weighted by molar-refractivity contribution is 9.10. The van der Waals surface area contributed by atoms with Crippen molar-refractivity contribution in [2.75, 3.05) is 39.0 Å². The molecule has 92 valence electrons. The average molecular weight is 298 g/mol. The van der Waals surface area contributed by atoms with Crippen LogP contribution in [0.25, 0.3) is 0 Å². The zero-order chi connectivity index (χ0) is 12.4. The second-order valence-corrected chi connectivity index (χ2v) is 5.15. The molecule has 0 aliphatic carbocycles. The van der Waals surface area contributed by atoms with E-state index in [1.54, 1.807) is 6.07 Å². The standard InChI is InChI=1S/C12H16BrN3O/c1-15-5-7-16(8-6-15)12(17)9-3-2-4-10(13)11(9)14/h2-4H,5-8,14H2,1H3. The van der Waals surface area contributed by atoms with Crippen LogP contribution in [0.2, 0.25) is 0 Å². The maximum atomic E-state index is 12.3. The molecule has 1 aliphatic heterocycles. The Labute approximate surface area is 110 Å². The zero-order valence-corrected chi connectivity index (χ0v) is 11.4. The molecule has 1 amide bonds. The van der Waals surface area contributed by atoms with Crippen LogP contribution in [-0.2, 0) is 0 Å². The summed E-state index contributed by atoms with van der Waals surface area (Å²) in [7, 11) is 2.06. The van der Waals surface area contributed by atoms with Gasteiger partial charge in [-0.1, -0.05) is 6.07 Å². The quantitative estimate of drug-likeness (QED) is 0.798. The first-order valence-electron chi connectivity index (χ1n) is 5.61. The number of piperazine rings is 1. The molecule has 2 N–H and O–H groups in total. The first-order valence-corrected chi connectivity index (χ1v) is 6.40. The largest absolute Gasteiger partial charge is 0.397 e. The molecule has 0 saturated carbocycles. The lowest BCUT2D eigenvalue weighted by atomic mass is 10.1. The molecule has 2 rings (SSSR count). The molecule has 0 aromatic heterocycles. The van der Waals surface area contributed by atoms with Gasteiger partial charge in [0.05, 0.1) is 11.3 Å². The molecule has 1 fully saturated rings. The van der Waals surface area contributed by atoms with Crippen molar-refractivity contribution < 1.29 is 4.79 Å². The Hall–Kier alpha value is -1.07. The minimum Gasteiger partial charge on any atom is -0.397 e. The van der Waals surface area contributed by atoms with Gasteiger partial charge in [-0.25, -0.2) is 0 Å². The molecule has 1 aromatic carbocycles. The van der Waals surface area contributed by atoms with E-state index in [4.69, 9.17) is 5.73 Å². The van der Waals surface area contributed by atoms with E-state index in [0.717, 1.165) is 30.7 Å². The molecule has 1 aliphatic rings. The van der Waals surface area contributed by atoms with Gasteiger partial charge < -0.3 is 15.5 Å². The van der Waals surface area contributed by atoms with Gasteiger partial charge >= 0.3 is 0 Å². The number of rotatable bonds is 1. The predicted molar refractivity (Wildman–Crippen MR) is 72.0 cm³/mol. The van der Waals surface area contributed by atoms with Crippen LogP contribution in [0.1, 0.15) is 10.4 Å². The van der Waals surface area contributed by atoms with Crippen molar-refractivity contribution in [3.05, 3.63) is 28.2 Å². The Morgan fingerprint density at radius 3 is 2.59 bits per heavy atom. The molecule has 5 heteroatoms. The minimum absolute atomic E-state index is 0.0249. The van der Waals surface area contributed by atoms with Crippen molar-refractivity contribution in [1.82, 2.24) is 9.80 Å². The van der Waals surface area contributed by atoms with Gasteiger partial charge in [0.25, 0.3) is 5.91 Å². The molecule has 0 radical (unpaired) electrons. The van der Waals surface area contributed by atoms with Gasteiger partial charge in [-0.05, 0) is 35.1 Å². The van der Waals surface area contributed by atoms with E-state index in [1.165, 1.54) is 0 Å². The monoisotopic (exact) mass is 297 g/mol. The summed E-state index contributed by atoms with van der Waals surface area (Å²) in [4.78, 5) is 16.4. The summed E-state index contributed by atoms with van der Waals surface area (Å²) in [6, 6.07) is 5.46. The van der Waals surface area contributed by atoms with Crippen LogP contribution in [0.4, 0.5) is 5.69 Å². The predicted octanol–water partition coefficient (Wildman–Crippen LogP) is 1.42. The first kappa shape index (κ1) is 12.4. The van der Waals surface area contributed by atoms with Crippen molar-refractivity contribution in [2.45, 2.75) is 0 Å². The fraction of sp³-hybridized carbons (Fsp3) is 0.417. The van der Waals surface area contributed by atoms with E-state index in [-0.39, 0.29) is 5.91 Å². The molecule has 0 atom stereocenters. The fourth-order valence-electron chi connectivity index (χ4n) is 1.90. The second kappa shape index (κ2) is 5.06. The Balaban J connectivity index is 2.17. The summed E-state index contributed by atoms with van der Waals surface area (Å²) in [6.07, 6.45) is 0. The summed E-state index contributed by atoms with van der Waals surface area (Å²) in [5.41, 5.74) is 7.02. The van der Waals surface area contributed by atoms with Crippen LogP contribution in [0.3, 0.4) is 0 Å². The summed E-state index contributed by atoms with van der Waals surface area (Å²) in [5, 5.41) is 0. The number of para-hydroxylation sites is 1. The Bertz CT molecular complexity index is 428. The van der Waals surface area contributed by atoms with Gasteiger partial charge in [0.1, 0.15) is 0 Å². The maximum Gasteiger partial charge on any atom is 0.256 e. The van der Waals surface area contributed by atoms with Crippen LogP contribution >= 0.6 is 15.9 Å². The smallest absolute Gasteiger partial charge is 0.256 e. The number of hydrogen-bond donors (Lipinski definition) is 1. The molecule has 4 nitrogen and oxygen atoms in total. The van der Waals surface area contributed by atoms with Crippen molar-refractivity contribution in [1.29, 1.82) is 0 Å². The van der Waals surface area contributed by atoms with E-state index in [1.807, 2.05) is 17.0 Å². The SMILES string of the molecule is CN1CCN(C(=O)c2cccc(Br)c2N)CC1. The van der Waals surface area contributed by atoms with Crippen LogP contribution in [0, 0.1) is 0 Å². The number of hydrogen-bond acceptors (Lipinski definition) is 3. The van der Waals surface area contributed by atoms with E-state index in [2.05, 4.69) is 27.9 Å². The number of nitrogen functional groups attached to an aromatic ring is 1. The van der Waals surface area contributed by atoms with Gasteiger partial charge in [-0.15, -0.1) is 0 Å². The summed E-state index contributed by atoms with van der Waals surface area (Å²) < 4.78 is 0.775. The number of carbonyl (C=O) groups excluding carboxylic acids is 1. The highest BCUT2D eigenvalue weighted by Gasteiger charge is 2.22. The number of carbonyl (C=O) groups is 1. The number of likely N-dealkylation sites (N-methyl/N-ethyl adjacent to an activating group) is 1. The lowest BCUT2D eigenvalue weighted by Gasteiger charge is -2.32. The highest BCUT2D eigenvalue weighted by Crippen LogP contribution is 2.24. The average Bonchev–Trinajstić information content (AvgIpc) is 2.33. The van der Waals surface area contributed by atoms with E-state index in [0.29, 0.717) is 11.3 Å². The Morgan fingerprint density at radius 2 is 1.94 bits per heavy atom. The van der Waals surface area contributed by atoms with Crippen molar-refractivity contribution in [2.24, 2.45) is 0 Å². The molecule has 0 bridgehead atoms. The zero-order valence-electron chi connectivity index (χ0n) is 9.82. The van der Waals surface area contributed by atoms with Gasteiger partial charge in [-0.3, -0.25) is 4.79 Å². The van der Waals surface area contributed by atoms with Crippen LogP contribution in [0.5, 0.6) is 0 Å². The molecule has 0 unspecified atom stereocenters. The summed E-state index contributed by atoms with van der Waals surface area (Å²) in [6.45, 7) is 3.36. The lowest BCUT2D eigenvalue weighted by Crippen LogP contribution is -2.47. The Morgan fingerprint density at radius 1 is 1.29 bits per heavy atom. The molecule has 1 heterocycles. The number of anilines is 1. The molecule has 17 heavy (non-hydrogen) atoms. The summed E-state index contributed by atoms with van der Waals surface area (Å²) in [5.74, 6) is 0.0249. The molecule has 1 aromatic rings. The van der Waals surface area contributed by atoms with Crippen LogP contribution in [0.15, 0.2) is 22.7 Å². The molecular weight excluding hydrogens is 282 g/mol. The van der Waals surface area contributed by atoms with E-state index in [9.17, 15) is 4.79 Å². The maximum absolute atomic E-state index is 12.3. The number of nitrogens with two attached hydrogens (primary N) is 1. The third kappa shape index (κ3) is 2.61. The number of benzene rings is 1. The number of halogens is 1. The number of nitrogens with zero attached hydrogens (tertiary/aromatic N) is 2. The van der Waals surface area contributed by atoms with Crippen LogP contribution in [-0.4, -0.2) is 48.9 Å². The first-order chi connectivity index (χ1) is 8.09. The van der Waals surface area contributed by atoms with Crippen molar-refractivity contribution in [3.63, 3.8) is 0 Å². The second-order valence-electron chi connectivity index (χ2n) is 4.30. The van der Waals surface area contributed by atoms with Gasteiger partial charge in [-0.2, -0.15) is 0 Å². The fourth-order valence-corrected chi connectivity index (χ4v) is 2.27. The van der Waals surface area contributed by atoms with Gasteiger partial charge in [0.15, 0.2) is 0 Å². The van der Waals surface area contributed by atoms with Gasteiger partial charge in [0.2, 0.25) is 0 Å². The minimum atomic E-state index is 0.0249. The molecule has 1 saturated heterocycles. The lowest BCUT2D eigenvalue weighted by molar-refractivity contribution is 0.0665. The normalized spacial score (nSPS) is 17.2. The van der Waals surface area contributed by atoms with Crippen LogP contribution < -0.4 is 5.73 Å². The van der Waals surface area contributed by atoms with E-state index >= 15 is 0 Å². The third-order valence-electron chi connectivity index (χ3n) is 3.07. The van der Waals surface area contributed by atoms with Crippen molar-refractivity contribution >= 4 is 27.5 Å². The van der Waals surface area contributed by atoms with Gasteiger partial charge in [0, 0.05) is 30.7 Å². The summed E-state index contributed by atoms with van der Waals surface area (Å²) >= 11 is 3.34. The Kier molecular flexibility index (Phi) is 3.69.